The highest BCUT2D eigenvalue weighted by atomic mass is 32.1. The molecule has 2 rings (SSSR count). The van der Waals surface area contributed by atoms with Crippen molar-refractivity contribution >= 4 is 28.2 Å². The van der Waals surface area contributed by atoms with E-state index in [2.05, 4.69) is 15.6 Å². The molecule has 16 heavy (non-hydrogen) atoms. The SMILES string of the molecule is CNc1nc(N)c(C(=O)N2CCNCC2)s1. The van der Waals surface area contributed by atoms with Gasteiger partial charge in [0.1, 0.15) is 10.7 Å². The van der Waals surface area contributed by atoms with Crippen LogP contribution < -0.4 is 16.4 Å². The van der Waals surface area contributed by atoms with E-state index in [1.807, 2.05) is 0 Å². The summed E-state index contributed by atoms with van der Waals surface area (Å²) in [5.41, 5.74) is 5.72. The Hall–Kier alpha value is -1.34. The van der Waals surface area contributed by atoms with Gasteiger partial charge in [-0.15, -0.1) is 0 Å². The second-order valence-corrected chi connectivity index (χ2v) is 4.52. The summed E-state index contributed by atoms with van der Waals surface area (Å²) in [6, 6.07) is 0. The molecule has 6 nitrogen and oxygen atoms in total. The molecule has 4 N–H and O–H groups in total. The van der Waals surface area contributed by atoms with Crippen LogP contribution in [-0.4, -0.2) is 49.0 Å². The van der Waals surface area contributed by atoms with Crippen LogP contribution in [0.15, 0.2) is 0 Å². The van der Waals surface area contributed by atoms with Crippen molar-refractivity contribution in [3.05, 3.63) is 4.88 Å². The van der Waals surface area contributed by atoms with E-state index in [4.69, 9.17) is 5.73 Å². The van der Waals surface area contributed by atoms with Gasteiger partial charge in [0.15, 0.2) is 5.13 Å². The zero-order chi connectivity index (χ0) is 11.5. The maximum Gasteiger partial charge on any atom is 0.267 e. The Morgan fingerprint density at radius 1 is 1.56 bits per heavy atom. The van der Waals surface area contributed by atoms with Gasteiger partial charge >= 0.3 is 0 Å². The average Bonchev–Trinajstić information content (AvgIpc) is 2.71. The van der Waals surface area contributed by atoms with Crippen molar-refractivity contribution in [1.82, 2.24) is 15.2 Å². The summed E-state index contributed by atoms with van der Waals surface area (Å²) >= 11 is 1.30. The molecule has 2 heterocycles. The van der Waals surface area contributed by atoms with Gasteiger partial charge in [0, 0.05) is 33.2 Å². The predicted molar refractivity (Wildman–Crippen MR) is 64.8 cm³/mol. The first kappa shape index (κ1) is 11.2. The Kier molecular flexibility index (Phi) is 3.25. The van der Waals surface area contributed by atoms with Gasteiger partial charge in [-0.1, -0.05) is 11.3 Å². The van der Waals surface area contributed by atoms with E-state index in [9.17, 15) is 4.79 Å². The number of thiazole rings is 1. The van der Waals surface area contributed by atoms with Crippen LogP contribution in [0.2, 0.25) is 0 Å². The van der Waals surface area contributed by atoms with Crippen molar-refractivity contribution in [2.75, 3.05) is 44.3 Å². The van der Waals surface area contributed by atoms with Gasteiger partial charge in [-0.2, -0.15) is 0 Å². The molecule has 88 valence electrons. The summed E-state index contributed by atoms with van der Waals surface area (Å²) in [5.74, 6) is 0.302. The second kappa shape index (κ2) is 4.67. The molecule has 1 aliphatic heterocycles. The molecular formula is C9H15N5OS. The normalized spacial score (nSPS) is 16.2. The van der Waals surface area contributed by atoms with Crippen molar-refractivity contribution in [3.63, 3.8) is 0 Å². The Balaban J connectivity index is 2.15. The molecule has 7 heteroatoms. The van der Waals surface area contributed by atoms with Crippen LogP contribution in [-0.2, 0) is 0 Å². The fraction of sp³-hybridized carbons (Fsp3) is 0.556. The Morgan fingerprint density at radius 2 is 2.25 bits per heavy atom. The summed E-state index contributed by atoms with van der Waals surface area (Å²) in [4.78, 5) is 18.5. The number of carbonyl (C=O) groups is 1. The van der Waals surface area contributed by atoms with Crippen molar-refractivity contribution < 1.29 is 4.79 Å². The number of aromatic nitrogens is 1. The number of hydrogen-bond acceptors (Lipinski definition) is 6. The van der Waals surface area contributed by atoms with Crippen molar-refractivity contribution in [2.24, 2.45) is 0 Å². The van der Waals surface area contributed by atoms with Gasteiger partial charge in [0.25, 0.3) is 5.91 Å². The molecule has 0 radical (unpaired) electrons. The molecule has 1 amide bonds. The van der Waals surface area contributed by atoms with Crippen LogP contribution in [0, 0.1) is 0 Å². The lowest BCUT2D eigenvalue weighted by Gasteiger charge is -2.26. The van der Waals surface area contributed by atoms with Gasteiger partial charge in [0.2, 0.25) is 0 Å². The number of rotatable bonds is 2. The number of nitrogens with one attached hydrogen (secondary N) is 2. The van der Waals surface area contributed by atoms with Gasteiger partial charge in [0.05, 0.1) is 0 Å². The smallest absolute Gasteiger partial charge is 0.267 e. The van der Waals surface area contributed by atoms with Crippen molar-refractivity contribution in [1.29, 1.82) is 0 Å². The van der Waals surface area contributed by atoms with E-state index < -0.39 is 0 Å². The second-order valence-electron chi connectivity index (χ2n) is 3.53. The third kappa shape index (κ3) is 2.10. The van der Waals surface area contributed by atoms with E-state index in [1.54, 1.807) is 11.9 Å². The zero-order valence-corrected chi connectivity index (χ0v) is 9.93. The number of carbonyl (C=O) groups excluding carboxylic acids is 1. The number of anilines is 2. The molecule has 1 fully saturated rings. The lowest BCUT2D eigenvalue weighted by atomic mass is 10.3. The highest BCUT2D eigenvalue weighted by Crippen LogP contribution is 2.25. The molecule has 0 unspecified atom stereocenters. The molecule has 0 aliphatic carbocycles. The molecule has 0 aromatic carbocycles. The molecule has 1 aliphatic rings. The lowest BCUT2D eigenvalue weighted by molar-refractivity contribution is 0.0741. The van der Waals surface area contributed by atoms with Gasteiger partial charge < -0.3 is 21.3 Å². The van der Waals surface area contributed by atoms with E-state index in [1.165, 1.54) is 11.3 Å². The van der Waals surface area contributed by atoms with E-state index in [0.29, 0.717) is 15.8 Å². The first-order valence-electron chi connectivity index (χ1n) is 5.16. The van der Waals surface area contributed by atoms with Crippen molar-refractivity contribution in [2.45, 2.75) is 0 Å². The van der Waals surface area contributed by atoms with Crippen LogP contribution in [0.5, 0.6) is 0 Å². The topological polar surface area (TPSA) is 83.3 Å². The summed E-state index contributed by atoms with van der Waals surface area (Å²) in [7, 11) is 1.76. The molecular weight excluding hydrogens is 226 g/mol. The number of hydrogen-bond donors (Lipinski definition) is 3. The molecule has 0 bridgehead atoms. The third-order valence-electron chi connectivity index (χ3n) is 2.47. The van der Waals surface area contributed by atoms with Gasteiger partial charge in [-0.05, 0) is 0 Å². The number of nitrogens with zero attached hydrogens (tertiary/aromatic N) is 2. The van der Waals surface area contributed by atoms with Crippen LogP contribution in [0.25, 0.3) is 0 Å². The maximum absolute atomic E-state index is 12.1. The number of nitrogen functional groups attached to an aromatic ring is 1. The fourth-order valence-corrected chi connectivity index (χ4v) is 2.41. The largest absolute Gasteiger partial charge is 0.382 e. The molecule has 0 spiro atoms. The van der Waals surface area contributed by atoms with E-state index in [-0.39, 0.29) is 5.91 Å². The standard InChI is InChI=1S/C9H15N5OS/c1-11-9-13-7(10)6(16-9)8(15)14-4-2-12-3-5-14/h12H,2-5,10H2,1H3,(H,11,13). The monoisotopic (exact) mass is 241 g/mol. The highest BCUT2D eigenvalue weighted by molar-refractivity contribution is 7.18. The van der Waals surface area contributed by atoms with Crippen LogP contribution in [0.4, 0.5) is 10.9 Å². The highest BCUT2D eigenvalue weighted by Gasteiger charge is 2.22. The third-order valence-corrected chi connectivity index (χ3v) is 3.54. The van der Waals surface area contributed by atoms with E-state index in [0.717, 1.165) is 26.2 Å². The minimum atomic E-state index is -0.0157. The Labute approximate surface area is 97.8 Å². The quantitative estimate of drug-likeness (QED) is 0.668. The Bertz CT molecular complexity index is 385. The Morgan fingerprint density at radius 3 is 2.81 bits per heavy atom. The van der Waals surface area contributed by atoms with Gasteiger partial charge in [-0.25, -0.2) is 4.98 Å². The first-order chi connectivity index (χ1) is 7.72. The van der Waals surface area contributed by atoms with Crippen molar-refractivity contribution in [3.8, 4) is 0 Å². The fourth-order valence-electron chi connectivity index (χ4n) is 1.60. The van der Waals surface area contributed by atoms with Crippen LogP contribution >= 0.6 is 11.3 Å². The minimum absolute atomic E-state index is 0.0157. The summed E-state index contributed by atoms with van der Waals surface area (Å²) < 4.78 is 0. The lowest BCUT2D eigenvalue weighted by Crippen LogP contribution is -2.46. The van der Waals surface area contributed by atoms with Gasteiger partial charge in [-0.3, -0.25) is 4.79 Å². The summed E-state index contributed by atoms with van der Waals surface area (Å²) in [6.07, 6.45) is 0. The molecule has 1 aromatic rings. The number of nitrogens with two attached hydrogens (primary N) is 1. The maximum atomic E-state index is 12.1. The molecule has 0 atom stereocenters. The zero-order valence-electron chi connectivity index (χ0n) is 9.12. The number of piperazine rings is 1. The number of amides is 1. The molecule has 0 saturated carbocycles. The average molecular weight is 241 g/mol. The minimum Gasteiger partial charge on any atom is -0.382 e. The summed E-state index contributed by atoms with van der Waals surface area (Å²) in [6.45, 7) is 3.13. The first-order valence-corrected chi connectivity index (χ1v) is 5.98. The predicted octanol–water partition coefficient (Wildman–Crippen LogP) is -0.188. The van der Waals surface area contributed by atoms with Crippen LogP contribution in [0.3, 0.4) is 0 Å². The molecule has 1 aromatic heterocycles. The van der Waals surface area contributed by atoms with E-state index >= 15 is 0 Å². The van der Waals surface area contributed by atoms with Crippen LogP contribution in [0.1, 0.15) is 9.67 Å². The molecule has 1 saturated heterocycles. The summed E-state index contributed by atoms with van der Waals surface area (Å²) in [5, 5.41) is 6.77.